The number of aromatic nitrogens is 1. The molecule has 1 aromatic heterocycles. The summed E-state index contributed by atoms with van der Waals surface area (Å²) in [5.41, 5.74) is 6.06. The Balaban J connectivity index is 2.21. The van der Waals surface area contributed by atoms with E-state index in [1.54, 1.807) is 0 Å². The molecule has 1 aliphatic rings. The lowest BCUT2D eigenvalue weighted by molar-refractivity contribution is 0.0987. The van der Waals surface area contributed by atoms with Gasteiger partial charge in [0.2, 0.25) is 0 Å². The van der Waals surface area contributed by atoms with Gasteiger partial charge in [0.1, 0.15) is 0 Å². The van der Waals surface area contributed by atoms with Crippen molar-refractivity contribution in [3.05, 3.63) is 51.3 Å². The molecule has 0 saturated carbocycles. The monoisotopic (exact) mass is 347 g/mol. The van der Waals surface area contributed by atoms with E-state index in [0.717, 1.165) is 28.6 Å². The van der Waals surface area contributed by atoms with Crippen LogP contribution in [0.25, 0.3) is 5.69 Å². The number of fused-ring (bicyclic) bond motifs is 1. The number of aliphatic hydroxyl groups is 1. The van der Waals surface area contributed by atoms with Crippen LogP contribution in [-0.2, 0) is 6.42 Å². The van der Waals surface area contributed by atoms with Crippen molar-refractivity contribution < 1.29 is 5.11 Å². The summed E-state index contributed by atoms with van der Waals surface area (Å²) in [5, 5.41) is 10.5. The van der Waals surface area contributed by atoms with Crippen molar-refractivity contribution in [3.8, 4) is 5.69 Å². The third-order valence-electron chi connectivity index (χ3n) is 4.42. The highest BCUT2D eigenvalue weighted by Crippen LogP contribution is 2.43. The maximum Gasteiger partial charge on any atom is 0.0812 e. The van der Waals surface area contributed by atoms with Crippen molar-refractivity contribution in [1.29, 1.82) is 0 Å². The lowest BCUT2D eigenvalue weighted by Crippen LogP contribution is -2.26. The molecule has 1 atom stereocenters. The Morgan fingerprint density at radius 2 is 1.95 bits per heavy atom. The van der Waals surface area contributed by atoms with Crippen molar-refractivity contribution >= 4 is 15.9 Å². The van der Waals surface area contributed by atoms with Crippen molar-refractivity contribution in [2.24, 2.45) is 5.41 Å². The molecule has 0 radical (unpaired) electrons. The van der Waals surface area contributed by atoms with Gasteiger partial charge >= 0.3 is 0 Å². The molecule has 0 bridgehead atoms. The fourth-order valence-electron chi connectivity index (χ4n) is 3.47. The number of nitrogens with zero attached hydrogens (tertiary/aromatic N) is 1. The first-order valence-electron chi connectivity index (χ1n) is 7.44. The molecule has 0 aliphatic heterocycles. The van der Waals surface area contributed by atoms with E-state index in [9.17, 15) is 5.11 Å². The summed E-state index contributed by atoms with van der Waals surface area (Å²) >= 11 is 3.69. The van der Waals surface area contributed by atoms with Gasteiger partial charge in [0, 0.05) is 21.4 Å². The zero-order valence-corrected chi connectivity index (χ0v) is 14.7. The third kappa shape index (κ3) is 2.58. The Hall–Kier alpha value is -1.06. The predicted octanol–water partition coefficient (Wildman–Crippen LogP) is 4.86. The van der Waals surface area contributed by atoms with E-state index >= 15 is 0 Å². The molecule has 2 aromatic rings. The summed E-state index contributed by atoms with van der Waals surface area (Å²) in [6.07, 6.45) is 1.47. The molecule has 3 heteroatoms. The molecule has 0 saturated heterocycles. The fraction of sp³-hybridized carbons (Fsp3) is 0.444. The first-order chi connectivity index (χ1) is 9.78. The fourth-order valence-corrected chi connectivity index (χ4v) is 4.14. The second kappa shape index (κ2) is 4.99. The van der Waals surface area contributed by atoms with Gasteiger partial charge in [0.05, 0.1) is 11.8 Å². The SMILES string of the molecule is Cc1ccc(-n2c(C)cc3c2CC(C)(C)CC3O)c(Br)c1. The lowest BCUT2D eigenvalue weighted by atomic mass is 9.75. The summed E-state index contributed by atoms with van der Waals surface area (Å²) in [6, 6.07) is 8.57. The van der Waals surface area contributed by atoms with Gasteiger partial charge in [-0.15, -0.1) is 0 Å². The van der Waals surface area contributed by atoms with Crippen LogP contribution in [0.2, 0.25) is 0 Å². The van der Waals surface area contributed by atoms with E-state index in [1.165, 1.54) is 17.0 Å². The molecule has 0 spiro atoms. The Bertz CT molecular complexity index is 699. The van der Waals surface area contributed by atoms with Crippen LogP contribution in [0, 0.1) is 19.3 Å². The quantitative estimate of drug-likeness (QED) is 0.782. The average molecular weight is 348 g/mol. The van der Waals surface area contributed by atoms with E-state index < -0.39 is 0 Å². The van der Waals surface area contributed by atoms with Crippen molar-refractivity contribution in [3.63, 3.8) is 0 Å². The highest BCUT2D eigenvalue weighted by atomic mass is 79.9. The number of aliphatic hydroxyl groups excluding tert-OH is 1. The first kappa shape index (κ1) is 14.9. The number of aryl methyl sites for hydroxylation is 2. The largest absolute Gasteiger partial charge is 0.388 e. The molecule has 2 nitrogen and oxygen atoms in total. The van der Waals surface area contributed by atoms with E-state index in [1.807, 2.05) is 0 Å². The van der Waals surface area contributed by atoms with Gasteiger partial charge in [-0.1, -0.05) is 19.9 Å². The lowest BCUT2D eigenvalue weighted by Gasteiger charge is -2.34. The molecule has 1 aliphatic carbocycles. The second-order valence-corrected chi connectivity index (χ2v) is 7.89. The average Bonchev–Trinajstić information content (AvgIpc) is 2.65. The maximum absolute atomic E-state index is 10.5. The molecule has 21 heavy (non-hydrogen) atoms. The predicted molar refractivity (Wildman–Crippen MR) is 90.0 cm³/mol. The zero-order valence-electron chi connectivity index (χ0n) is 13.1. The highest BCUT2D eigenvalue weighted by molar-refractivity contribution is 9.10. The zero-order chi connectivity index (χ0) is 15.4. The van der Waals surface area contributed by atoms with Crippen LogP contribution in [0.4, 0.5) is 0 Å². The van der Waals surface area contributed by atoms with Crippen LogP contribution in [0.5, 0.6) is 0 Å². The Kier molecular flexibility index (Phi) is 3.53. The molecule has 0 fully saturated rings. The number of hydrogen-bond acceptors (Lipinski definition) is 1. The van der Waals surface area contributed by atoms with Crippen molar-refractivity contribution in [2.75, 3.05) is 0 Å². The summed E-state index contributed by atoms with van der Waals surface area (Å²) in [5.74, 6) is 0. The number of benzene rings is 1. The van der Waals surface area contributed by atoms with E-state index in [4.69, 9.17) is 0 Å². The topological polar surface area (TPSA) is 25.2 Å². The van der Waals surface area contributed by atoms with Crippen LogP contribution in [-0.4, -0.2) is 9.67 Å². The first-order valence-corrected chi connectivity index (χ1v) is 8.23. The van der Waals surface area contributed by atoms with Gasteiger partial charge in [-0.25, -0.2) is 0 Å². The van der Waals surface area contributed by atoms with Gasteiger partial charge in [-0.2, -0.15) is 0 Å². The van der Waals surface area contributed by atoms with Gasteiger partial charge in [0.25, 0.3) is 0 Å². The normalized spacial score (nSPS) is 20.4. The Morgan fingerprint density at radius 1 is 1.24 bits per heavy atom. The molecule has 3 rings (SSSR count). The minimum absolute atomic E-state index is 0.131. The van der Waals surface area contributed by atoms with Crippen LogP contribution in [0.15, 0.2) is 28.7 Å². The molecular formula is C18H22BrNO. The van der Waals surface area contributed by atoms with Gasteiger partial charge in [0.15, 0.2) is 0 Å². The molecular weight excluding hydrogens is 326 g/mol. The molecule has 112 valence electrons. The summed E-state index contributed by atoms with van der Waals surface area (Å²) in [4.78, 5) is 0. The summed E-state index contributed by atoms with van der Waals surface area (Å²) < 4.78 is 3.39. The van der Waals surface area contributed by atoms with E-state index in [0.29, 0.717) is 0 Å². The van der Waals surface area contributed by atoms with Gasteiger partial charge < -0.3 is 9.67 Å². The van der Waals surface area contributed by atoms with E-state index in [-0.39, 0.29) is 11.5 Å². The summed E-state index contributed by atoms with van der Waals surface area (Å²) in [6.45, 7) is 8.68. The minimum atomic E-state index is -0.354. The van der Waals surface area contributed by atoms with Crippen LogP contribution in [0.3, 0.4) is 0 Å². The maximum atomic E-state index is 10.5. The molecule has 1 heterocycles. The van der Waals surface area contributed by atoms with Crippen LogP contribution in [0.1, 0.15) is 48.9 Å². The molecule has 0 amide bonds. The minimum Gasteiger partial charge on any atom is -0.388 e. The van der Waals surface area contributed by atoms with Gasteiger partial charge in [-0.3, -0.25) is 0 Å². The molecule has 1 N–H and O–H groups in total. The van der Waals surface area contributed by atoms with Crippen molar-refractivity contribution in [2.45, 2.75) is 46.6 Å². The standard InChI is InChI=1S/C18H22BrNO/c1-11-5-6-15(14(19)7-11)20-12(2)8-13-16(20)9-18(3,4)10-17(13)21/h5-8,17,21H,9-10H2,1-4H3. The van der Waals surface area contributed by atoms with Crippen LogP contribution < -0.4 is 0 Å². The smallest absolute Gasteiger partial charge is 0.0812 e. The number of halogens is 1. The third-order valence-corrected chi connectivity index (χ3v) is 5.05. The Labute approximate surface area is 134 Å². The van der Waals surface area contributed by atoms with Gasteiger partial charge in [-0.05, 0) is 71.8 Å². The van der Waals surface area contributed by atoms with Crippen LogP contribution >= 0.6 is 15.9 Å². The van der Waals surface area contributed by atoms with Crippen molar-refractivity contribution in [1.82, 2.24) is 4.57 Å². The van der Waals surface area contributed by atoms with E-state index in [2.05, 4.69) is 72.5 Å². The summed E-state index contributed by atoms with van der Waals surface area (Å²) in [7, 11) is 0. The Morgan fingerprint density at radius 3 is 2.62 bits per heavy atom. The highest BCUT2D eigenvalue weighted by Gasteiger charge is 2.34. The number of rotatable bonds is 1. The molecule has 1 aromatic carbocycles. The molecule has 1 unspecified atom stereocenters. The second-order valence-electron chi connectivity index (χ2n) is 7.04. The number of hydrogen-bond donors (Lipinski definition) is 1.